The van der Waals surface area contributed by atoms with Gasteiger partial charge in [0.25, 0.3) is 0 Å². The van der Waals surface area contributed by atoms with E-state index in [2.05, 4.69) is 31.0 Å². The van der Waals surface area contributed by atoms with Gasteiger partial charge in [-0.15, -0.1) is 0 Å². The van der Waals surface area contributed by atoms with Crippen molar-refractivity contribution < 1.29 is 8.42 Å². The predicted molar refractivity (Wildman–Crippen MR) is 74.4 cm³/mol. The van der Waals surface area contributed by atoms with Gasteiger partial charge in [0, 0.05) is 38.3 Å². The van der Waals surface area contributed by atoms with Gasteiger partial charge < -0.3 is 4.90 Å². The molecule has 0 saturated carbocycles. The Hall–Kier alpha value is -1.07. The van der Waals surface area contributed by atoms with Gasteiger partial charge >= 0.3 is 0 Å². The average Bonchev–Trinajstić information content (AvgIpc) is 2.21. The Kier molecular flexibility index (Phi) is 3.64. The monoisotopic (exact) mass is 268 g/mol. The third-order valence-electron chi connectivity index (χ3n) is 3.45. The van der Waals surface area contributed by atoms with E-state index in [4.69, 9.17) is 0 Å². The van der Waals surface area contributed by atoms with Gasteiger partial charge in [-0.2, -0.15) is 0 Å². The number of sulfonamides is 1. The highest BCUT2D eigenvalue weighted by molar-refractivity contribution is 7.88. The smallest absolute Gasteiger partial charge is 0.211 e. The van der Waals surface area contributed by atoms with Gasteiger partial charge in [0.1, 0.15) is 0 Å². The van der Waals surface area contributed by atoms with E-state index in [0.717, 1.165) is 6.54 Å². The van der Waals surface area contributed by atoms with E-state index in [1.807, 2.05) is 12.1 Å². The van der Waals surface area contributed by atoms with Crippen molar-refractivity contribution in [2.75, 3.05) is 37.8 Å². The van der Waals surface area contributed by atoms with Crippen LogP contribution in [0, 0.1) is 12.8 Å². The van der Waals surface area contributed by atoms with Gasteiger partial charge in [-0.25, -0.2) is 12.7 Å². The van der Waals surface area contributed by atoms with Crippen LogP contribution < -0.4 is 4.90 Å². The van der Waals surface area contributed by atoms with Gasteiger partial charge in [-0.05, 0) is 18.6 Å². The molecular formula is C13H20N2O2S. The maximum atomic E-state index is 11.3. The molecule has 1 saturated heterocycles. The lowest BCUT2D eigenvalue weighted by Gasteiger charge is -2.39. The zero-order chi connectivity index (χ0) is 13.3. The Bertz CT molecular complexity index is 522. The first-order valence-corrected chi connectivity index (χ1v) is 7.94. The number of hydrogen-bond donors (Lipinski definition) is 0. The van der Waals surface area contributed by atoms with Crippen molar-refractivity contribution in [3.05, 3.63) is 29.8 Å². The number of hydrogen-bond acceptors (Lipinski definition) is 3. The fourth-order valence-corrected chi connectivity index (χ4v) is 3.35. The van der Waals surface area contributed by atoms with Crippen LogP contribution in [0.25, 0.3) is 0 Å². The van der Waals surface area contributed by atoms with E-state index in [9.17, 15) is 8.42 Å². The number of aryl methyl sites for hydroxylation is 1. The van der Waals surface area contributed by atoms with Gasteiger partial charge in [0.2, 0.25) is 10.0 Å². The van der Waals surface area contributed by atoms with E-state index in [0.29, 0.717) is 19.0 Å². The highest BCUT2D eigenvalue weighted by Gasteiger charge is 2.33. The molecule has 0 radical (unpaired) electrons. The predicted octanol–water partition coefficient (Wildman–Crippen LogP) is 1.32. The van der Waals surface area contributed by atoms with E-state index < -0.39 is 10.0 Å². The molecule has 0 unspecified atom stereocenters. The number of benzene rings is 1. The van der Waals surface area contributed by atoms with Gasteiger partial charge in [0.15, 0.2) is 0 Å². The zero-order valence-corrected chi connectivity index (χ0v) is 11.9. The summed E-state index contributed by atoms with van der Waals surface area (Å²) < 4.78 is 24.1. The van der Waals surface area contributed by atoms with Crippen LogP contribution in [0.4, 0.5) is 5.69 Å². The first-order chi connectivity index (χ1) is 8.38. The van der Waals surface area contributed by atoms with E-state index >= 15 is 0 Å². The van der Waals surface area contributed by atoms with Crippen molar-refractivity contribution in [1.29, 1.82) is 0 Å². The largest absolute Gasteiger partial charge is 0.374 e. The lowest BCUT2D eigenvalue weighted by molar-refractivity contribution is 0.207. The maximum absolute atomic E-state index is 11.3. The molecule has 0 spiro atoms. The van der Waals surface area contributed by atoms with Crippen molar-refractivity contribution in [3.8, 4) is 0 Å². The molecule has 1 aromatic carbocycles. The minimum Gasteiger partial charge on any atom is -0.374 e. The first-order valence-electron chi connectivity index (χ1n) is 6.10. The van der Waals surface area contributed by atoms with Crippen LogP contribution >= 0.6 is 0 Å². The first kappa shape index (κ1) is 13.4. The van der Waals surface area contributed by atoms with Crippen LogP contribution in [0.15, 0.2) is 24.3 Å². The van der Waals surface area contributed by atoms with E-state index in [-0.39, 0.29) is 0 Å². The molecule has 0 aromatic heterocycles. The molecule has 2 rings (SSSR count). The lowest BCUT2D eigenvalue weighted by Crippen LogP contribution is -2.53. The molecule has 0 N–H and O–H groups in total. The Labute approximate surface area is 109 Å². The molecule has 0 bridgehead atoms. The summed E-state index contributed by atoms with van der Waals surface area (Å²) in [7, 11) is -0.932. The van der Waals surface area contributed by atoms with Crippen molar-refractivity contribution in [2.24, 2.45) is 5.92 Å². The minimum atomic E-state index is -2.99. The minimum absolute atomic E-state index is 0.435. The molecule has 1 aromatic rings. The number of rotatable bonds is 4. The summed E-state index contributed by atoms with van der Waals surface area (Å²) >= 11 is 0. The van der Waals surface area contributed by atoms with Crippen LogP contribution in [0.5, 0.6) is 0 Å². The van der Waals surface area contributed by atoms with Crippen molar-refractivity contribution in [1.82, 2.24) is 4.31 Å². The molecule has 4 nitrogen and oxygen atoms in total. The molecule has 1 heterocycles. The second-order valence-corrected chi connectivity index (χ2v) is 7.10. The second-order valence-electron chi connectivity index (χ2n) is 5.11. The van der Waals surface area contributed by atoms with Crippen molar-refractivity contribution in [2.45, 2.75) is 6.92 Å². The van der Waals surface area contributed by atoms with Crippen LogP contribution in [0.3, 0.4) is 0 Å². The normalized spacial score (nSPS) is 17.5. The fraction of sp³-hybridized carbons (Fsp3) is 0.538. The standard InChI is InChI=1S/C13H20N2O2S/c1-11-6-4-5-7-13(11)14(2)8-12-9-15(10-12)18(3,16)17/h4-7,12H,8-10H2,1-3H3. The molecule has 0 amide bonds. The van der Waals surface area contributed by atoms with E-state index in [1.165, 1.54) is 21.8 Å². The number of anilines is 1. The van der Waals surface area contributed by atoms with E-state index in [1.54, 1.807) is 0 Å². The lowest BCUT2D eigenvalue weighted by atomic mass is 10.0. The summed E-state index contributed by atoms with van der Waals surface area (Å²) in [6, 6.07) is 8.25. The molecule has 1 aliphatic rings. The second kappa shape index (κ2) is 4.90. The molecule has 0 atom stereocenters. The summed E-state index contributed by atoms with van der Waals surface area (Å²) in [5, 5.41) is 0. The molecule has 100 valence electrons. The van der Waals surface area contributed by atoms with Gasteiger partial charge in [-0.3, -0.25) is 0 Å². The molecule has 5 heteroatoms. The molecule has 0 aliphatic carbocycles. The Morgan fingerprint density at radius 1 is 1.33 bits per heavy atom. The summed E-state index contributed by atoms with van der Waals surface area (Å²) in [5.74, 6) is 0.435. The van der Waals surface area contributed by atoms with Crippen LogP contribution in [0.1, 0.15) is 5.56 Å². The summed E-state index contributed by atoms with van der Waals surface area (Å²) in [6.07, 6.45) is 1.27. The fourth-order valence-electron chi connectivity index (χ4n) is 2.39. The average molecular weight is 268 g/mol. The van der Waals surface area contributed by atoms with Gasteiger partial charge in [-0.1, -0.05) is 18.2 Å². The highest BCUT2D eigenvalue weighted by atomic mass is 32.2. The highest BCUT2D eigenvalue weighted by Crippen LogP contribution is 2.23. The van der Waals surface area contributed by atoms with Gasteiger partial charge in [0.05, 0.1) is 6.26 Å². The topological polar surface area (TPSA) is 40.6 Å². The summed E-state index contributed by atoms with van der Waals surface area (Å²) in [5.41, 5.74) is 2.47. The van der Waals surface area contributed by atoms with Crippen LogP contribution in [0.2, 0.25) is 0 Å². The number of para-hydroxylation sites is 1. The summed E-state index contributed by atoms with van der Waals surface area (Å²) in [6.45, 7) is 4.29. The van der Waals surface area contributed by atoms with Crippen molar-refractivity contribution >= 4 is 15.7 Å². The van der Waals surface area contributed by atoms with Crippen molar-refractivity contribution in [3.63, 3.8) is 0 Å². The molecular weight excluding hydrogens is 248 g/mol. The Morgan fingerprint density at radius 2 is 1.94 bits per heavy atom. The SMILES string of the molecule is Cc1ccccc1N(C)CC1CN(S(C)(=O)=O)C1. The maximum Gasteiger partial charge on any atom is 0.211 e. The Morgan fingerprint density at radius 3 is 2.50 bits per heavy atom. The van der Waals surface area contributed by atoms with Crippen LogP contribution in [-0.2, 0) is 10.0 Å². The number of nitrogens with zero attached hydrogens (tertiary/aromatic N) is 2. The molecule has 1 fully saturated rings. The zero-order valence-electron chi connectivity index (χ0n) is 11.1. The molecule has 18 heavy (non-hydrogen) atoms. The quantitative estimate of drug-likeness (QED) is 0.827. The third-order valence-corrected chi connectivity index (χ3v) is 4.69. The summed E-state index contributed by atoms with van der Waals surface area (Å²) in [4.78, 5) is 2.21. The van der Waals surface area contributed by atoms with Crippen LogP contribution in [-0.4, -0.2) is 45.7 Å². The third kappa shape index (κ3) is 2.84. The molecule has 1 aliphatic heterocycles. The Balaban J connectivity index is 1.91.